The Hall–Kier alpha value is -2.93. The molecule has 0 radical (unpaired) electrons. The lowest BCUT2D eigenvalue weighted by molar-refractivity contribution is 0.0846. The molecule has 2 amide bonds. The third kappa shape index (κ3) is 5.07. The summed E-state index contributed by atoms with van der Waals surface area (Å²) < 4.78 is 10.7. The Balaban J connectivity index is 1.62. The number of para-hydroxylation sites is 2. The molecule has 0 bridgehead atoms. The summed E-state index contributed by atoms with van der Waals surface area (Å²) in [6.45, 7) is 1.86. The van der Waals surface area contributed by atoms with Crippen LogP contribution in [0, 0.1) is 5.92 Å². The number of ether oxygens (including phenoxy) is 2. The molecule has 0 aliphatic carbocycles. The number of benzene rings is 1. The number of Topliss-reactive ketones (excluding diaryl/α,β-unsaturated/α-hetero) is 1. The first-order chi connectivity index (χ1) is 13.7. The number of likely N-dealkylation sites (tertiary alicyclic amines) is 1. The van der Waals surface area contributed by atoms with E-state index in [1.165, 1.54) is 0 Å². The third-order valence-electron chi connectivity index (χ3n) is 4.67. The van der Waals surface area contributed by atoms with Crippen LogP contribution in [-0.2, 0) is 4.74 Å². The number of urea groups is 1. The number of rotatable bonds is 7. The van der Waals surface area contributed by atoms with Crippen molar-refractivity contribution in [3.63, 3.8) is 0 Å². The number of methoxy groups -OCH3 is 1. The number of nitrogens with zero attached hydrogens (tertiary/aromatic N) is 2. The van der Waals surface area contributed by atoms with Crippen LogP contribution in [0.1, 0.15) is 23.3 Å². The van der Waals surface area contributed by atoms with Crippen LogP contribution in [0.5, 0.6) is 5.75 Å². The van der Waals surface area contributed by atoms with Gasteiger partial charge in [-0.15, -0.1) is 0 Å². The van der Waals surface area contributed by atoms with Crippen molar-refractivity contribution in [2.24, 2.45) is 5.92 Å². The number of ketones is 1. The smallest absolute Gasteiger partial charge is 0.321 e. The maximum Gasteiger partial charge on any atom is 0.321 e. The Kier molecular flexibility index (Phi) is 6.97. The highest BCUT2D eigenvalue weighted by Crippen LogP contribution is 2.26. The highest BCUT2D eigenvalue weighted by atomic mass is 16.5. The number of piperidine rings is 1. The Labute approximate surface area is 164 Å². The van der Waals surface area contributed by atoms with Gasteiger partial charge in [-0.1, -0.05) is 18.2 Å². The van der Waals surface area contributed by atoms with Crippen molar-refractivity contribution in [3.8, 4) is 5.75 Å². The molecule has 1 aromatic carbocycles. The molecule has 0 unspecified atom stereocenters. The zero-order chi connectivity index (χ0) is 19.8. The van der Waals surface area contributed by atoms with Gasteiger partial charge in [0.05, 0.1) is 12.3 Å². The van der Waals surface area contributed by atoms with Crippen LogP contribution in [-0.4, -0.2) is 55.1 Å². The zero-order valence-electron chi connectivity index (χ0n) is 16.0. The van der Waals surface area contributed by atoms with E-state index in [2.05, 4.69) is 10.3 Å². The van der Waals surface area contributed by atoms with E-state index < -0.39 is 0 Å². The Bertz CT molecular complexity index is 797. The van der Waals surface area contributed by atoms with Gasteiger partial charge in [-0.25, -0.2) is 4.79 Å². The van der Waals surface area contributed by atoms with Crippen molar-refractivity contribution >= 4 is 17.5 Å². The first-order valence-corrected chi connectivity index (χ1v) is 9.41. The van der Waals surface area contributed by atoms with E-state index in [1.807, 2.05) is 12.1 Å². The zero-order valence-corrected chi connectivity index (χ0v) is 16.0. The molecule has 1 saturated heterocycles. The molecule has 28 heavy (non-hydrogen) atoms. The Morgan fingerprint density at radius 2 is 2.00 bits per heavy atom. The van der Waals surface area contributed by atoms with E-state index in [0.29, 0.717) is 43.4 Å². The van der Waals surface area contributed by atoms with Crippen molar-refractivity contribution in [2.45, 2.75) is 12.8 Å². The van der Waals surface area contributed by atoms with E-state index in [1.54, 1.807) is 48.5 Å². The van der Waals surface area contributed by atoms with Gasteiger partial charge in [0.1, 0.15) is 18.1 Å². The van der Waals surface area contributed by atoms with E-state index >= 15 is 0 Å². The fourth-order valence-corrected chi connectivity index (χ4v) is 3.22. The summed E-state index contributed by atoms with van der Waals surface area (Å²) in [5.74, 6) is 0.343. The molecular formula is C21H25N3O4. The second-order valence-electron chi connectivity index (χ2n) is 6.63. The molecule has 1 aliphatic heterocycles. The summed E-state index contributed by atoms with van der Waals surface area (Å²) in [4.78, 5) is 31.3. The van der Waals surface area contributed by atoms with Crippen molar-refractivity contribution < 1.29 is 19.1 Å². The molecule has 1 atom stereocenters. The van der Waals surface area contributed by atoms with Gasteiger partial charge in [0, 0.05) is 32.3 Å². The van der Waals surface area contributed by atoms with Gasteiger partial charge in [-0.3, -0.25) is 9.78 Å². The maximum atomic E-state index is 12.8. The molecule has 1 fully saturated rings. The van der Waals surface area contributed by atoms with Gasteiger partial charge < -0.3 is 19.7 Å². The number of hydrogen-bond acceptors (Lipinski definition) is 5. The fraction of sp³-hybridized carbons (Fsp3) is 0.381. The van der Waals surface area contributed by atoms with Crippen LogP contribution in [0.2, 0.25) is 0 Å². The number of aromatic nitrogens is 1. The molecule has 0 saturated carbocycles. The van der Waals surface area contributed by atoms with Crippen LogP contribution < -0.4 is 10.1 Å². The minimum atomic E-state index is -0.235. The number of nitrogens with one attached hydrogen (secondary N) is 1. The molecule has 1 aromatic heterocycles. The Morgan fingerprint density at radius 1 is 1.18 bits per heavy atom. The molecule has 0 spiro atoms. The number of pyridine rings is 1. The highest BCUT2D eigenvalue weighted by Gasteiger charge is 2.29. The number of anilines is 1. The summed E-state index contributed by atoms with van der Waals surface area (Å²) in [6, 6.07) is 12.3. The van der Waals surface area contributed by atoms with Gasteiger partial charge in [0.15, 0.2) is 5.78 Å². The lowest BCUT2D eigenvalue weighted by Gasteiger charge is -2.32. The second-order valence-corrected chi connectivity index (χ2v) is 6.63. The van der Waals surface area contributed by atoms with Crippen LogP contribution in [0.15, 0.2) is 48.7 Å². The van der Waals surface area contributed by atoms with E-state index in [-0.39, 0.29) is 17.7 Å². The van der Waals surface area contributed by atoms with Gasteiger partial charge in [-0.2, -0.15) is 0 Å². The first-order valence-electron chi connectivity index (χ1n) is 9.41. The largest absolute Gasteiger partial charge is 0.489 e. The quantitative estimate of drug-likeness (QED) is 0.586. The van der Waals surface area contributed by atoms with Crippen molar-refractivity contribution in [1.29, 1.82) is 0 Å². The summed E-state index contributed by atoms with van der Waals surface area (Å²) >= 11 is 0. The van der Waals surface area contributed by atoms with Gasteiger partial charge >= 0.3 is 6.03 Å². The summed E-state index contributed by atoms with van der Waals surface area (Å²) in [5.41, 5.74) is 1.05. The minimum absolute atomic E-state index is 0.0126. The predicted octanol–water partition coefficient (Wildman–Crippen LogP) is 3.23. The summed E-state index contributed by atoms with van der Waals surface area (Å²) in [7, 11) is 1.61. The molecule has 1 aliphatic rings. The molecule has 3 rings (SSSR count). The third-order valence-corrected chi connectivity index (χ3v) is 4.67. The standard InChI is InChI=1S/C21H25N3O4/c1-27-13-14-28-19-10-3-2-8-17(19)23-21(26)24-12-6-7-16(15-24)20(25)18-9-4-5-11-22-18/h2-5,8-11,16H,6-7,12-15H2,1H3,(H,23,26)/t16-/m1/s1. The topological polar surface area (TPSA) is 80.8 Å². The molecule has 7 nitrogen and oxygen atoms in total. The average Bonchev–Trinajstić information content (AvgIpc) is 2.75. The molecule has 2 heterocycles. The SMILES string of the molecule is COCCOc1ccccc1NC(=O)N1CCC[C@@H](C(=O)c2ccccn2)C1. The van der Waals surface area contributed by atoms with Crippen molar-refractivity contribution in [2.75, 3.05) is 38.7 Å². The number of carbonyl (C=O) groups excluding carboxylic acids is 2. The van der Waals surface area contributed by atoms with Crippen LogP contribution >= 0.6 is 0 Å². The van der Waals surface area contributed by atoms with E-state index in [9.17, 15) is 9.59 Å². The summed E-state index contributed by atoms with van der Waals surface area (Å²) in [6.07, 6.45) is 3.15. The Morgan fingerprint density at radius 3 is 2.79 bits per heavy atom. The normalized spacial score (nSPS) is 16.5. The minimum Gasteiger partial charge on any atom is -0.489 e. The number of hydrogen-bond donors (Lipinski definition) is 1. The second kappa shape index (κ2) is 9.85. The molecule has 1 N–H and O–H groups in total. The molecule has 2 aromatic rings. The van der Waals surface area contributed by atoms with Crippen LogP contribution in [0.4, 0.5) is 10.5 Å². The van der Waals surface area contributed by atoms with Gasteiger partial charge in [0.2, 0.25) is 0 Å². The van der Waals surface area contributed by atoms with Crippen molar-refractivity contribution in [3.05, 3.63) is 54.4 Å². The van der Waals surface area contributed by atoms with E-state index in [4.69, 9.17) is 9.47 Å². The van der Waals surface area contributed by atoms with Gasteiger partial charge in [0.25, 0.3) is 0 Å². The molecule has 148 valence electrons. The monoisotopic (exact) mass is 383 g/mol. The van der Waals surface area contributed by atoms with Gasteiger partial charge in [-0.05, 0) is 37.1 Å². The summed E-state index contributed by atoms with van der Waals surface area (Å²) in [5, 5.41) is 2.90. The van der Waals surface area contributed by atoms with Crippen LogP contribution in [0.25, 0.3) is 0 Å². The maximum absolute atomic E-state index is 12.8. The fourth-order valence-electron chi connectivity index (χ4n) is 3.22. The van der Waals surface area contributed by atoms with Crippen LogP contribution in [0.3, 0.4) is 0 Å². The highest BCUT2D eigenvalue weighted by molar-refractivity contribution is 5.97. The lowest BCUT2D eigenvalue weighted by atomic mass is 9.92. The average molecular weight is 383 g/mol. The molecular weight excluding hydrogens is 358 g/mol. The lowest BCUT2D eigenvalue weighted by Crippen LogP contribution is -2.44. The van der Waals surface area contributed by atoms with Crippen molar-refractivity contribution in [1.82, 2.24) is 9.88 Å². The van der Waals surface area contributed by atoms with E-state index in [0.717, 1.165) is 12.8 Å². The molecule has 7 heteroatoms. The number of amides is 2. The number of carbonyl (C=O) groups is 2. The first kappa shape index (κ1) is 19.8. The predicted molar refractivity (Wildman–Crippen MR) is 106 cm³/mol.